The molecule has 1 aliphatic rings. The lowest BCUT2D eigenvalue weighted by molar-refractivity contribution is -0.138. The van der Waals surface area contributed by atoms with Gasteiger partial charge in [-0.25, -0.2) is 0 Å². The van der Waals surface area contributed by atoms with E-state index >= 15 is 0 Å². The lowest BCUT2D eigenvalue weighted by Crippen LogP contribution is -2.52. The highest BCUT2D eigenvalue weighted by Crippen LogP contribution is 2.15. The highest BCUT2D eigenvalue weighted by Gasteiger charge is 2.24. The summed E-state index contributed by atoms with van der Waals surface area (Å²) in [5.41, 5.74) is 1.35. The molecule has 1 N–H and O–H groups in total. The van der Waals surface area contributed by atoms with Gasteiger partial charge in [0.25, 0.3) is 5.91 Å². The molecular formula is C23H27N3O5. The van der Waals surface area contributed by atoms with E-state index in [0.29, 0.717) is 43.9 Å². The van der Waals surface area contributed by atoms with Gasteiger partial charge in [-0.15, -0.1) is 0 Å². The number of amides is 3. The first-order chi connectivity index (χ1) is 15.0. The molecule has 0 unspecified atom stereocenters. The fourth-order valence-electron chi connectivity index (χ4n) is 3.39. The molecule has 2 aromatic carbocycles. The van der Waals surface area contributed by atoms with Gasteiger partial charge in [0.1, 0.15) is 11.5 Å². The average Bonchev–Trinajstić information content (AvgIpc) is 2.82. The fourth-order valence-corrected chi connectivity index (χ4v) is 3.39. The van der Waals surface area contributed by atoms with Gasteiger partial charge in [-0.05, 0) is 42.0 Å². The number of carbonyl (C=O) groups is 3. The molecule has 2 aromatic rings. The molecular weight excluding hydrogens is 398 g/mol. The van der Waals surface area contributed by atoms with E-state index in [1.54, 1.807) is 48.3 Å². The van der Waals surface area contributed by atoms with E-state index in [1.165, 1.54) is 0 Å². The van der Waals surface area contributed by atoms with Crippen molar-refractivity contribution < 1.29 is 23.9 Å². The minimum absolute atomic E-state index is 0.0214. The smallest absolute Gasteiger partial charge is 0.251 e. The first-order valence-corrected chi connectivity index (χ1v) is 10.1. The van der Waals surface area contributed by atoms with Gasteiger partial charge in [-0.3, -0.25) is 14.4 Å². The largest absolute Gasteiger partial charge is 0.497 e. The monoisotopic (exact) mass is 425 g/mol. The van der Waals surface area contributed by atoms with Crippen LogP contribution in [0.1, 0.15) is 15.9 Å². The Balaban J connectivity index is 1.43. The highest BCUT2D eigenvalue weighted by atomic mass is 16.5. The maximum atomic E-state index is 12.6. The minimum atomic E-state index is -0.317. The standard InChI is InChI=1S/C23H27N3O5/c1-30-19-8-6-18(7-9-19)23(29)24-16-22(28)26-12-10-25(11-13-26)21(27)15-17-4-3-5-20(14-17)31-2/h3-9,14H,10-13,15-16H2,1-2H3,(H,24,29). The maximum Gasteiger partial charge on any atom is 0.251 e. The van der Waals surface area contributed by atoms with Crippen LogP contribution in [0.5, 0.6) is 11.5 Å². The molecule has 0 aliphatic carbocycles. The summed E-state index contributed by atoms with van der Waals surface area (Å²) < 4.78 is 10.3. The molecule has 31 heavy (non-hydrogen) atoms. The quantitative estimate of drug-likeness (QED) is 0.724. The van der Waals surface area contributed by atoms with Crippen LogP contribution in [0.25, 0.3) is 0 Å². The van der Waals surface area contributed by atoms with E-state index < -0.39 is 0 Å². The average molecular weight is 425 g/mol. The molecule has 0 aromatic heterocycles. The van der Waals surface area contributed by atoms with Crippen molar-refractivity contribution in [2.75, 3.05) is 46.9 Å². The molecule has 8 nitrogen and oxygen atoms in total. The predicted octanol–water partition coefficient (Wildman–Crippen LogP) is 1.35. The number of carbonyl (C=O) groups excluding carboxylic acids is 3. The Labute approximate surface area is 181 Å². The van der Waals surface area contributed by atoms with E-state index in [4.69, 9.17) is 9.47 Å². The highest BCUT2D eigenvalue weighted by molar-refractivity contribution is 5.96. The third-order valence-electron chi connectivity index (χ3n) is 5.23. The van der Waals surface area contributed by atoms with Crippen LogP contribution in [0, 0.1) is 0 Å². The first kappa shape index (κ1) is 22.1. The molecule has 8 heteroatoms. The van der Waals surface area contributed by atoms with Crippen molar-refractivity contribution >= 4 is 17.7 Å². The van der Waals surface area contributed by atoms with E-state index in [-0.39, 0.29) is 24.3 Å². The molecule has 0 radical (unpaired) electrons. The number of hydrogen-bond acceptors (Lipinski definition) is 5. The van der Waals surface area contributed by atoms with Gasteiger partial charge in [0.05, 0.1) is 27.2 Å². The Morgan fingerprint density at radius 1 is 0.839 bits per heavy atom. The molecule has 1 saturated heterocycles. The molecule has 1 fully saturated rings. The molecule has 0 atom stereocenters. The fraction of sp³-hybridized carbons (Fsp3) is 0.348. The summed E-state index contributed by atoms with van der Waals surface area (Å²) in [6, 6.07) is 14.1. The SMILES string of the molecule is COc1ccc(C(=O)NCC(=O)N2CCN(C(=O)Cc3cccc(OC)c3)CC2)cc1. The van der Waals surface area contributed by atoms with Gasteiger partial charge in [0, 0.05) is 31.7 Å². The summed E-state index contributed by atoms with van der Waals surface area (Å²) in [7, 11) is 3.15. The molecule has 0 spiro atoms. The minimum Gasteiger partial charge on any atom is -0.497 e. The molecule has 3 rings (SSSR count). The molecule has 0 saturated carbocycles. The molecule has 0 bridgehead atoms. The molecule has 3 amide bonds. The van der Waals surface area contributed by atoms with Gasteiger partial charge >= 0.3 is 0 Å². The zero-order valence-electron chi connectivity index (χ0n) is 17.8. The van der Waals surface area contributed by atoms with Crippen molar-refractivity contribution in [1.29, 1.82) is 0 Å². The number of rotatable bonds is 7. The van der Waals surface area contributed by atoms with Crippen molar-refractivity contribution in [2.24, 2.45) is 0 Å². The van der Waals surface area contributed by atoms with Crippen LogP contribution < -0.4 is 14.8 Å². The summed E-state index contributed by atoms with van der Waals surface area (Å²) in [5.74, 6) is 0.918. The summed E-state index contributed by atoms with van der Waals surface area (Å²) in [6.45, 7) is 1.76. The van der Waals surface area contributed by atoms with Gasteiger partial charge in [0.2, 0.25) is 11.8 Å². The predicted molar refractivity (Wildman–Crippen MR) is 115 cm³/mol. The van der Waals surface area contributed by atoms with Gasteiger partial charge in [-0.1, -0.05) is 12.1 Å². The number of nitrogens with one attached hydrogen (secondary N) is 1. The normalized spacial score (nSPS) is 13.5. The summed E-state index contributed by atoms with van der Waals surface area (Å²) in [6.07, 6.45) is 0.295. The second kappa shape index (κ2) is 10.5. The van der Waals surface area contributed by atoms with E-state index in [9.17, 15) is 14.4 Å². The van der Waals surface area contributed by atoms with Crippen LogP contribution in [-0.4, -0.2) is 74.5 Å². The Morgan fingerprint density at radius 3 is 2.06 bits per heavy atom. The lowest BCUT2D eigenvalue weighted by atomic mass is 10.1. The lowest BCUT2D eigenvalue weighted by Gasteiger charge is -2.35. The van der Waals surface area contributed by atoms with Gasteiger partial charge in [0.15, 0.2) is 0 Å². The Kier molecular flexibility index (Phi) is 7.48. The molecule has 1 aliphatic heterocycles. The van der Waals surface area contributed by atoms with Crippen molar-refractivity contribution in [3.63, 3.8) is 0 Å². The third kappa shape index (κ3) is 5.97. The zero-order valence-corrected chi connectivity index (χ0v) is 17.8. The first-order valence-electron chi connectivity index (χ1n) is 10.1. The summed E-state index contributed by atoms with van der Waals surface area (Å²) >= 11 is 0. The topological polar surface area (TPSA) is 88.2 Å². The number of piperazine rings is 1. The number of methoxy groups -OCH3 is 2. The second-order valence-electron chi connectivity index (χ2n) is 7.20. The van der Waals surface area contributed by atoms with Crippen molar-refractivity contribution in [3.05, 3.63) is 59.7 Å². The summed E-state index contributed by atoms with van der Waals surface area (Å²) in [4.78, 5) is 40.7. The third-order valence-corrected chi connectivity index (χ3v) is 5.23. The Hall–Kier alpha value is -3.55. The number of benzene rings is 2. The second-order valence-corrected chi connectivity index (χ2v) is 7.20. The number of hydrogen-bond donors (Lipinski definition) is 1. The van der Waals surface area contributed by atoms with Crippen LogP contribution in [0.3, 0.4) is 0 Å². The summed E-state index contributed by atoms with van der Waals surface area (Å²) in [5, 5.41) is 2.65. The van der Waals surface area contributed by atoms with E-state index in [2.05, 4.69) is 5.32 Å². The van der Waals surface area contributed by atoms with Crippen LogP contribution in [0.4, 0.5) is 0 Å². The van der Waals surface area contributed by atoms with E-state index in [0.717, 1.165) is 11.3 Å². The number of nitrogens with zero attached hydrogens (tertiary/aromatic N) is 2. The van der Waals surface area contributed by atoms with Crippen LogP contribution in [-0.2, 0) is 16.0 Å². The van der Waals surface area contributed by atoms with Crippen molar-refractivity contribution in [2.45, 2.75) is 6.42 Å². The maximum absolute atomic E-state index is 12.6. The number of ether oxygens (including phenoxy) is 2. The van der Waals surface area contributed by atoms with Gasteiger partial charge < -0.3 is 24.6 Å². The van der Waals surface area contributed by atoms with Crippen LogP contribution in [0.15, 0.2) is 48.5 Å². The molecule has 1 heterocycles. The Morgan fingerprint density at radius 2 is 1.45 bits per heavy atom. The van der Waals surface area contributed by atoms with E-state index in [1.807, 2.05) is 24.3 Å². The molecule has 164 valence electrons. The van der Waals surface area contributed by atoms with Crippen LogP contribution in [0.2, 0.25) is 0 Å². The van der Waals surface area contributed by atoms with Crippen molar-refractivity contribution in [1.82, 2.24) is 15.1 Å². The zero-order chi connectivity index (χ0) is 22.2. The Bertz CT molecular complexity index is 921. The van der Waals surface area contributed by atoms with Crippen molar-refractivity contribution in [3.8, 4) is 11.5 Å². The van der Waals surface area contributed by atoms with Crippen LogP contribution >= 0.6 is 0 Å². The van der Waals surface area contributed by atoms with Gasteiger partial charge in [-0.2, -0.15) is 0 Å².